The molecule has 7 nitrogen and oxygen atoms in total. The Morgan fingerprint density at radius 2 is 2.10 bits per heavy atom. The quantitative estimate of drug-likeness (QED) is 0.836. The molecule has 0 radical (unpaired) electrons. The topological polar surface area (TPSA) is 87.2 Å². The fourth-order valence-electron chi connectivity index (χ4n) is 2.16. The minimum atomic E-state index is -3.85. The van der Waals surface area contributed by atoms with Gasteiger partial charge in [-0.25, -0.2) is 0 Å². The largest absolute Gasteiger partial charge is 0.480 e. The van der Waals surface area contributed by atoms with Crippen LogP contribution in [-0.4, -0.2) is 61.0 Å². The van der Waals surface area contributed by atoms with Crippen molar-refractivity contribution in [1.82, 2.24) is 8.61 Å². The van der Waals surface area contributed by atoms with Crippen LogP contribution in [0.25, 0.3) is 0 Å². The molecule has 1 unspecified atom stereocenters. The molecule has 0 aromatic heterocycles. The van der Waals surface area contributed by atoms with Crippen LogP contribution >= 0.6 is 0 Å². The minimum Gasteiger partial charge on any atom is -0.480 e. The number of rotatable bonds is 5. The highest BCUT2D eigenvalue weighted by Crippen LogP contribution is 2.17. The van der Waals surface area contributed by atoms with Crippen LogP contribution in [0, 0.1) is 0 Å². The third kappa shape index (κ3) is 3.59. The number of morpholine rings is 1. The molecule has 0 aliphatic carbocycles. The zero-order chi connectivity index (χ0) is 15.5. The van der Waals surface area contributed by atoms with E-state index in [1.165, 1.54) is 7.05 Å². The Hall–Kier alpha value is -1.48. The molecule has 0 amide bonds. The van der Waals surface area contributed by atoms with Crippen molar-refractivity contribution in [1.29, 1.82) is 0 Å². The van der Waals surface area contributed by atoms with Crippen LogP contribution in [0.15, 0.2) is 30.3 Å². The summed E-state index contributed by atoms with van der Waals surface area (Å²) in [4.78, 5) is 11.2. The van der Waals surface area contributed by atoms with E-state index in [1.54, 1.807) is 0 Å². The molecule has 116 valence electrons. The van der Waals surface area contributed by atoms with Gasteiger partial charge in [0.2, 0.25) is 0 Å². The maximum atomic E-state index is 12.5. The number of benzene rings is 1. The molecular weight excluding hydrogens is 296 g/mol. The van der Waals surface area contributed by atoms with Gasteiger partial charge in [-0.05, 0) is 5.56 Å². The summed E-state index contributed by atoms with van der Waals surface area (Å²) in [5.41, 5.74) is 0.837. The van der Waals surface area contributed by atoms with Crippen LogP contribution in [0.4, 0.5) is 0 Å². The van der Waals surface area contributed by atoms with E-state index in [4.69, 9.17) is 9.84 Å². The van der Waals surface area contributed by atoms with E-state index in [1.807, 2.05) is 30.3 Å². The fraction of sp³-hybridized carbons (Fsp3) is 0.462. The SMILES string of the molecule is CN(Cc1ccccc1)S(=O)(=O)N1CCOCC1C(=O)O. The van der Waals surface area contributed by atoms with Crippen LogP contribution < -0.4 is 0 Å². The van der Waals surface area contributed by atoms with Crippen LogP contribution in [0.3, 0.4) is 0 Å². The van der Waals surface area contributed by atoms with Crippen molar-refractivity contribution < 1.29 is 23.1 Å². The van der Waals surface area contributed by atoms with Crippen LogP contribution in [0.1, 0.15) is 5.56 Å². The van der Waals surface area contributed by atoms with Crippen molar-refractivity contribution in [2.45, 2.75) is 12.6 Å². The van der Waals surface area contributed by atoms with Gasteiger partial charge in [0, 0.05) is 20.1 Å². The monoisotopic (exact) mass is 314 g/mol. The van der Waals surface area contributed by atoms with Gasteiger partial charge < -0.3 is 9.84 Å². The summed E-state index contributed by atoms with van der Waals surface area (Å²) >= 11 is 0. The minimum absolute atomic E-state index is 0.0401. The summed E-state index contributed by atoms with van der Waals surface area (Å²) in [6.07, 6.45) is 0. The van der Waals surface area contributed by atoms with E-state index < -0.39 is 22.2 Å². The van der Waals surface area contributed by atoms with Crippen molar-refractivity contribution >= 4 is 16.2 Å². The van der Waals surface area contributed by atoms with Crippen LogP contribution in [-0.2, 0) is 26.3 Å². The molecule has 1 atom stereocenters. The summed E-state index contributed by atoms with van der Waals surface area (Å²) in [7, 11) is -2.41. The molecule has 0 saturated carbocycles. The van der Waals surface area contributed by atoms with Crippen molar-refractivity contribution in [2.75, 3.05) is 26.8 Å². The Morgan fingerprint density at radius 3 is 2.71 bits per heavy atom. The highest BCUT2D eigenvalue weighted by Gasteiger charge is 2.39. The molecule has 1 N–H and O–H groups in total. The van der Waals surface area contributed by atoms with Gasteiger partial charge in [-0.15, -0.1) is 0 Å². The summed E-state index contributed by atoms with van der Waals surface area (Å²) in [5, 5.41) is 9.14. The molecule has 1 heterocycles. The van der Waals surface area contributed by atoms with Gasteiger partial charge in [0.1, 0.15) is 6.04 Å². The number of carbonyl (C=O) groups is 1. The standard InChI is InChI=1S/C13H18N2O5S/c1-14(9-11-5-3-2-4-6-11)21(18,19)15-7-8-20-10-12(15)13(16)17/h2-6,12H,7-10H2,1H3,(H,16,17). The van der Waals surface area contributed by atoms with Crippen LogP contribution in [0.2, 0.25) is 0 Å². The number of carboxylic acids is 1. The molecule has 21 heavy (non-hydrogen) atoms. The normalized spacial score (nSPS) is 20.6. The first-order chi connectivity index (χ1) is 9.93. The molecule has 1 aliphatic heterocycles. The molecule has 1 aliphatic rings. The Labute approximate surface area is 123 Å². The fourth-order valence-corrected chi connectivity index (χ4v) is 3.61. The predicted molar refractivity (Wildman–Crippen MR) is 75.8 cm³/mol. The number of hydrogen-bond donors (Lipinski definition) is 1. The first-order valence-corrected chi connectivity index (χ1v) is 7.90. The maximum absolute atomic E-state index is 12.5. The van der Waals surface area contributed by atoms with Gasteiger partial charge in [0.25, 0.3) is 10.2 Å². The highest BCUT2D eigenvalue weighted by molar-refractivity contribution is 7.86. The first-order valence-electron chi connectivity index (χ1n) is 6.50. The number of nitrogens with zero attached hydrogens (tertiary/aromatic N) is 2. The van der Waals surface area contributed by atoms with Gasteiger partial charge in [0.05, 0.1) is 13.2 Å². The molecule has 1 aromatic carbocycles. The lowest BCUT2D eigenvalue weighted by atomic mass is 10.2. The zero-order valence-corrected chi connectivity index (χ0v) is 12.5. The van der Waals surface area contributed by atoms with Gasteiger partial charge in [-0.2, -0.15) is 17.0 Å². The van der Waals surface area contributed by atoms with Crippen molar-refractivity contribution in [3.8, 4) is 0 Å². The predicted octanol–water partition coefficient (Wildman–Crippen LogP) is 0.149. The number of aliphatic carboxylic acids is 1. The third-order valence-electron chi connectivity index (χ3n) is 3.30. The second-order valence-electron chi connectivity index (χ2n) is 4.79. The van der Waals surface area contributed by atoms with E-state index in [-0.39, 0.29) is 26.3 Å². The molecule has 1 saturated heterocycles. The highest BCUT2D eigenvalue weighted by atomic mass is 32.2. The average molecular weight is 314 g/mol. The lowest BCUT2D eigenvalue weighted by Gasteiger charge is -2.34. The molecular formula is C13H18N2O5S. The third-order valence-corrected chi connectivity index (χ3v) is 5.25. The van der Waals surface area contributed by atoms with E-state index in [2.05, 4.69) is 0 Å². The lowest BCUT2D eigenvalue weighted by Crippen LogP contribution is -2.55. The lowest BCUT2D eigenvalue weighted by molar-refractivity contribution is -0.146. The molecule has 2 rings (SSSR count). The van der Waals surface area contributed by atoms with Gasteiger partial charge >= 0.3 is 5.97 Å². The van der Waals surface area contributed by atoms with Crippen LogP contribution in [0.5, 0.6) is 0 Å². The Balaban J connectivity index is 2.17. The van der Waals surface area contributed by atoms with Crippen molar-refractivity contribution in [3.63, 3.8) is 0 Å². The summed E-state index contributed by atoms with van der Waals surface area (Å²) in [6.45, 7) is 0.293. The molecule has 1 fully saturated rings. The second-order valence-corrected chi connectivity index (χ2v) is 6.78. The van der Waals surface area contributed by atoms with E-state index >= 15 is 0 Å². The van der Waals surface area contributed by atoms with Gasteiger partial charge in [-0.1, -0.05) is 30.3 Å². The smallest absolute Gasteiger partial charge is 0.324 e. The van der Waals surface area contributed by atoms with Gasteiger partial charge in [0.15, 0.2) is 0 Å². The summed E-state index contributed by atoms with van der Waals surface area (Å²) in [6, 6.07) is 7.96. The summed E-state index contributed by atoms with van der Waals surface area (Å²) in [5.74, 6) is -1.20. The maximum Gasteiger partial charge on any atom is 0.324 e. The first kappa shape index (κ1) is 15.9. The molecule has 8 heteroatoms. The molecule has 0 spiro atoms. The molecule has 0 bridgehead atoms. The zero-order valence-electron chi connectivity index (χ0n) is 11.7. The summed E-state index contributed by atoms with van der Waals surface area (Å²) < 4.78 is 32.3. The van der Waals surface area contributed by atoms with Gasteiger partial charge in [-0.3, -0.25) is 4.79 Å². The number of carboxylic acid groups (broad SMARTS) is 1. The van der Waals surface area contributed by atoms with Crippen molar-refractivity contribution in [3.05, 3.63) is 35.9 Å². The van der Waals surface area contributed by atoms with Crippen molar-refractivity contribution in [2.24, 2.45) is 0 Å². The number of ether oxygens (including phenoxy) is 1. The average Bonchev–Trinajstić information content (AvgIpc) is 2.48. The number of hydrogen-bond acceptors (Lipinski definition) is 4. The Bertz CT molecular complexity index is 590. The van der Waals surface area contributed by atoms with E-state index in [0.717, 1.165) is 14.2 Å². The van der Waals surface area contributed by atoms with E-state index in [0.29, 0.717) is 0 Å². The Kier molecular flexibility index (Phi) is 4.94. The second kappa shape index (κ2) is 6.52. The Morgan fingerprint density at radius 1 is 1.43 bits per heavy atom. The molecule has 1 aromatic rings. The van der Waals surface area contributed by atoms with E-state index in [9.17, 15) is 13.2 Å².